The fourth-order valence-electron chi connectivity index (χ4n) is 4.95. The second-order valence-electron chi connectivity index (χ2n) is 9.01. The Hall–Kier alpha value is -3.42. The molecule has 0 N–H and O–H groups in total. The first-order valence-electron chi connectivity index (χ1n) is 12.0. The van der Waals surface area contributed by atoms with Gasteiger partial charge in [-0.1, -0.05) is 48.5 Å². The smallest absolute Gasteiger partial charge is 0.321 e. The normalized spacial score (nSPS) is 22.9. The first-order chi connectivity index (χ1) is 17.2. The molecule has 5 rings (SSSR count). The lowest BCUT2D eigenvalue weighted by Gasteiger charge is -2.39. The number of methoxy groups -OCH3 is 2. The fraction of sp³-hybridized carbons (Fsp3) is 0.357. The second-order valence-corrected chi connectivity index (χ2v) is 9.01. The van der Waals surface area contributed by atoms with E-state index in [1.54, 1.807) is 14.2 Å². The summed E-state index contributed by atoms with van der Waals surface area (Å²) >= 11 is 0. The topological polar surface area (TPSA) is 64.1 Å². The molecule has 0 radical (unpaired) electrons. The molecular weight excluding hydrogens is 442 g/mol. The van der Waals surface area contributed by atoms with Gasteiger partial charge in [0.15, 0.2) is 6.23 Å². The number of nitrogens with zero attached hydrogens (tertiary/aromatic N) is 3. The Balaban J connectivity index is 1.36. The zero-order valence-electron chi connectivity index (χ0n) is 20.2. The average molecular weight is 474 g/mol. The van der Waals surface area contributed by atoms with Crippen molar-refractivity contribution in [3.8, 4) is 5.75 Å². The number of esters is 1. The Bertz CT molecular complexity index is 1120. The summed E-state index contributed by atoms with van der Waals surface area (Å²) in [5.74, 6) is 1.47. The second kappa shape index (κ2) is 10.1. The molecule has 2 aliphatic rings. The van der Waals surface area contributed by atoms with E-state index in [0.717, 1.165) is 48.9 Å². The number of anilines is 1. The van der Waals surface area contributed by atoms with Crippen LogP contribution in [0.1, 0.15) is 23.8 Å². The van der Waals surface area contributed by atoms with Crippen LogP contribution < -0.4 is 9.64 Å². The van der Waals surface area contributed by atoms with Crippen LogP contribution in [-0.4, -0.2) is 62.4 Å². The Morgan fingerprint density at radius 2 is 1.66 bits per heavy atom. The molecule has 1 unspecified atom stereocenters. The highest BCUT2D eigenvalue weighted by Crippen LogP contribution is 2.52. The van der Waals surface area contributed by atoms with Gasteiger partial charge in [0.05, 0.1) is 13.2 Å². The van der Waals surface area contributed by atoms with Crippen LogP contribution in [0.25, 0.3) is 0 Å². The summed E-state index contributed by atoms with van der Waals surface area (Å²) in [7, 11) is 3.28. The van der Waals surface area contributed by atoms with Crippen molar-refractivity contribution in [2.24, 2.45) is 0 Å². The molecule has 0 amide bonds. The zero-order valence-corrected chi connectivity index (χ0v) is 20.2. The fourth-order valence-corrected chi connectivity index (χ4v) is 4.95. The molecule has 182 valence electrons. The summed E-state index contributed by atoms with van der Waals surface area (Å²) in [5.41, 5.74) is 1.05. The van der Waals surface area contributed by atoms with Crippen molar-refractivity contribution in [1.29, 1.82) is 0 Å². The van der Waals surface area contributed by atoms with Crippen LogP contribution in [0.3, 0.4) is 0 Å². The zero-order chi connectivity index (χ0) is 24.3. The van der Waals surface area contributed by atoms with E-state index in [1.807, 2.05) is 79.0 Å². The van der Waals surface area contributed by atoms with E-state index in [9.17, 15) is 4.79 Å². The molecule has 35 heavy (non-hydrogen) atoms. The monoisotopic (exact) mass is 473 g/mol. The molecule has 1 aromatic heterocycles. The maximum Gasteiger partial charge on any atom is 0.321 e. The number of carbonyl (C=O) groups is 1. The lowest BCUT2D eigenvalue weighted by molar-refractivity contribution is -0.165. The van der Waals surface area contributed by atoms with Crippen molar-refractivity contribution < 1.29 is 19.0 Å². The van der Waals surface area contributed by atoms with Gasteiger partial charge >= 0.3 is 5.97 Å². The molecule has 3 atom stereocenters. The third kappa shape index (κ3) is 4.61. The van der Waals surface area contributed by atoms with Gasteiger partial charge in [0.25, 0.3) is 0 Å². The standard InChI is InChI=1S/C28H31N3O4/c1-33-23-13-11-22(12-14-23)28(20-24(28)34-2)27(32)35-26(21-8-4-3-5-9-21)31-18-16-30(17-19-31)25-10-6-7-15-29-25/h3-15,24,26H,16-20H2,1-2H3/t24-,26?,28-/m0/s1. The lowest BCUT2D eigenvalue weighted by atomic mass is 9.95. The summed E-state index contributed by atoms with van der Waals surface area (Å²) in [6.07, 6.45) is 1.74. The Morgan fingerprint density at radius 1 is 0.943 bits per heavy atom. The molecule has 0 spiro atoms. The first kappa shape index (κ1) is 23.3. The Labute approximate surface area is 206 Å². The molecule has 2 aromatic carbocycles. The molecule has 1 aliphatic carbocycles. The van der Waals surface area contributed by atoms with Gasteiger partial charge in [0, 0.05) is 45.0 Å². The minimum absolute atomic E-state index is 0.208. The molecule has 7 heteroatoms. The van der Waals surface area contributed by atoms with E-state index in [1.165, 1.54) is 0 Å². The molecule has 1 saturated carbocycles. The number of pyridine rings is 1. The van der Waals surface area contributed by atoms with Crippen molar-refractivity contribution in [3.63, 3.8) is 0 Å². The van der Waals surface area contributed by atoms with E-state index in [0.29, 0.717) is 6.42 Å². The van der Waals surface area contributed by atoms with Gasteiger partial charge in [-0.3, -0.25) is 9.69 Å². The van der Waals surface area contributed by atoms with Crippen molar-refractivity contribution in [2.45, 2.75) is 24.2 Å². The van der Waals surface area contributed by atoms with Gasteiger partial charge in [0.2, 0.25) is 0 Å². The molecule has 0 bridgehead atoms. The molecule has 7 nitrogen and oxygen atoms in total. The number of hydrogen-bond acceptors (Lipinski definition) is 7. The van der Waals surface area contributed by atoms with E-state index < -0.39 is 11.6 Å². The summed E-state index contributed by atoms with van der Waals surface area (Å²) in [5, 5.41) is 0. The number of ether oxygens (including phenoxy) is 3. The van der Waals surface area contributed by atoms with Crippen LogP contribution in [0, 0.1) is 0 Å². The molecule has 2 heterocycles. The number of benzene rings is 2. The quantitative estimate of drug-likeness (QED) is 0.461. The van der Waals surface area contributed by atoms with Crippen LogP contribution in [0.4, 0.5) is 5.82 Å². The molecule has 3 aromatic rings. The van der Waals surface area contributed by atoms with Crippen LogP contribution in [0.15, 0.2) is 79.0 Å². The molecule has 1 aliphatic heterocycles. The predicted octanol–water partition coefficient (Wildman–Crippen LogP) is 3.81. The Kier molecular flexibility index (Phi) is 6.70. The van der Waals surface area contributed by atoms with Crippen molar-refractivity contribution >= 4 is 11.8 Å². The lowest BCUT2D eigenvalue weighted by Crippen LogP contribution is -2.49. The van der Waals surface area contributed by atoms with Gasteiger partial charge in [0.1, 0.15) is 17.0 Å². The maximum atomic E-state index is 13.8. The highest BCUT2D eigenvalue weighted by atomic mass is 16.6. The van der Waals surface area contributed by atoms with Crippen molar-refractivity contribution in [1.82, 2.24) is 9.88 Å². The van der Waals surface area contributed by atoms with E-state index >= 15 is 0 Å². The number of piperazine rings is 1. The number of hydrogen-bond donors (Lipinski definition) is 0. The molecular formula is C28H31N3O4. The highest BCUT2D eigenvalue weighted by molar-refractivity contribution is 5.88. The summed E-state index contributed by atoms with van der Waals surface area (Å²) in [4.78, 5) is 22.8. The van der Waals surface area contributed by atoms with Gasteiger partial charge in [-0.2, -0.15) is 0 Å². The third-order valence-corrected chi connectivity index (χ3v) is 7.07. The van der Waals surface area contributed by atoms with E-state index in [2.05, 4.69) is 14.8 Å². The van der Waals surface area contributed by atoms with Gasteiger partial charge < -0.3 is 19.1 Å². The van der Waals surface area contributed by atoms with Crippen LogP contribution in [-0.2, 0) is 19.7 Å². The van der Waals surface area contributed by atoms with E-state index in [-0.39, 0.29) is 12.1 Å². The third-order valence-electron chi connectivity index (χ3n) is 7.07. The Morgan fingerprint density at radius 3 is 2.26 bits per heavy atom. The first-order valence-corrected chi connectivity index (χ1v) is 12.0. The predicted molar refractivity (Wildman–Crippen MR) is 133 cm³/mol. The number of carbonyl (C=O) groups excluding carboxylic acids is 1. The van der Waals surface area contributed by atoms with E-state index in [4.69, 9.17) is 14.2 Å². The molecule has 2 fully saturated rings. The average Bonchev–Trinajstić information content (AvgIpc) is 3.69. The minimum Gasteiger partial charge on any atom is -0.497 e. The van der Waals surface area contributed by atoms with Gasteiger partial charge in [-0.15, -0.1) is 0 Å². The number of aromatic nitrogens is 1. The summed E-state index contributed by atoms with van der Waals surface area (Å²) in [6.45, 7) is 3.13. The maximum absolute atomic E-state index is 13.8. The SMILES string of the molecule is COc1ccc([C@@]2(C(=O)OC(c3ccccc3)N3CCN(c4ccccn4)CC3)C[C@@H]2OC)cc1. The van der Waals surface area contributed by atoms with Crippen LogP contribution >= 0.6 is 0 Å². The summed E-state index contributed by atoms with van der Waals surface area (Å²) < 4.78 is 17.3. The largest absolute Gasteiger partial charge is 0.497 e. The number of rotatable bonds is 8. The van der Waals surface area contributed by atoms with Crippen molar-refractivity contribution in [3.05, 3.63) is 90.1 Å². The van der Waals surface area contributed by atoms with Crippen molar-refractivity contribution in [2.75, 3.05) is 45.3 Å². The highest BCUT2D eigenvalue weighted by Gasteiger charge is 2.64. The van der Waals surface area contributed by atoms with Gasteiger partial charge in [-0.25, -0.2) is 4.98 Å². The van der Waals surface area contributed by atoms with Crippen LogP contribution in [0.5, 0.6) is 5.75 Å². The molecule has 1 saturated heterocycles. The van der Waals surface area contributed by atoms with Crippen LogP contribution in [0.2, 0.25) is 0 Å². The minimum atomic E-state index is -0.802. The van der Waals surface area contributed by atoms with Gasteiger partial charge in [-0.05, 0) is 36.2 Å². The summed E-state index contributed by atoms with van der Waals surface area (Å²) in [6, 6.07) is 23.5.